The van der Waals surface area contributed by atoms with Crippen molar-refractivity contribution in [3.05, 3.63) is 23.8 Å². The van der Waals surface area contributed by atoms with Crippen LogP contribution in [0.25, 0.3) is 0 Å². The van der Waals surface area contributed by atoms with Gasteiger partial charge in [0.2, 0.25) is 5.78 Å². The minimum Gasteiger partial charge on any atom is -0.458 e. The number of carbonyl (C=O) groups is 3. The number of fused-ring (bicyclic) bond motifs is 5. The minimum atomic E-state index is -2.03. The number of carbonyl (C=O) groups excluding carboxylic acids is 3. The first-order chi connectivity index (χ1) is 16.4. The molecule has 4 aliphatic rings. The smallest absolute Gasteiger partial charge is 0.306 e. The van der Waals surface area contributed by atoms with Gasteiger partial charge < -0.3 is 20.7 Å². The Morgan fingerprint density at radius 1 is 1.26 bits per heavy atom. The summed E-state index contributed by atoms with van der Waals surface area (Å²) in [5, 5.41) is 23.2. The molecule has 35 heavy (non-hydrogen) atoms. The van der Waals surface area contributed by atoms with Crippen LogP contribution in [0.4, 0.5) is 4.39 Å². The number of allylic oxidation sites excluding steroid dienone is 4. The van der Waals surface area contributed by atoms with Crippen LogP contribution in [0, 0.1) is 28.6 Å². The van der Waals surface area contributed by atoms with Crippen LogP contribution in [-0.4, -0.2) is 58.3 Å². The van der Waals surface area contributed by atoms with Crippen LogP contribution in [0.1, 0.15) is 65.7 Å². The number of unbranched alkanes of at least 4 members (excludes halogenated alkanes) is 1. The van der Waals surface area contributed by atoms with E-state index < -0.39 is 58.4 Å². The number of Topliss-reactive ketones (excluding diaryl/α,β-unsaturated/α-hetero) is 1. The van der Waals surface area contributed by atoms with Crippen molar-refractivity contribution < 1.29 is 33.7 Å². The molecule has 4 rings (SSSR count). The van der Waals surface area contributed by atoms with Crippen LogP contribution < -0.4 is 5.73 Å². The molecule has 0 aliphatic heterocycles. The average Bonchev–Trinajstić information content (AvgIpc) is 3.00. The Morgan fingerprint density at radius 2 is 1.97 bits per heavy atom. The van der Waals surface area contributed by atoms with Gasteiger partial charge in [-0.15, -0.1) is 0 Å². The second-order valence-corrected chi connectivity index (χ2v) is 11.5. The van der Waals surface area contributed by atoms with Crippen LogP contribution in [0.2, 0.25) is 0 Å². The molecule has 3 saturated carbocycles. The quantitative estimate of drug-likeness (QED) is 0.369. The molecule has 3 fully saturated rings. The van der Waals surface area contributed by atoms with E-state index in [1.807, 2.05) is 0 Å². The molecule has 0 spiro atoms. The SMILES string of the molecule is C[C@H]1C[C@H]2[C@@H]3CCC4=CC(=O)C=C[C@]4(C)[C@@]3(F)[C@@H](O)C[C@]2(C)[C@@]1(O)C(=O)COC(=O)CCCCN. The summed E-state index contributed by atoms with van der Waals surface area (Å²) in [5.41, 5.74) is 0.0342. The molecule has 7 nitrogen and oxygen atoms in total. The second-order valence-electron chi connectivity index (χ2n) is 11.5. The Bertz CT molecular complexity index is 979. The summed E-state index contributed by atoms with van der Waals surface area (Å²) >= 11 is 0. The number of nitrogens with two attached hydrogens (primary N) is 1. The lowest BCUT2D eigenvalue weighted by Crippen LogP contribution is -2.69. The van der Waals surface area contributed by atoms with Gasteiger partial charge in [-0.3, -0.25) is 14.4 Å². The van der Waals surface area contributed by atoms with Crippen LogP contribution in [0.3, 0.4) is 0 Å². The first-order valence-electron chi connectivity index (χ1n) is 12.8. The molecule has 0 amide bonds. The van der Waals surface area contributed by atoms with Crippen LogP contribution in [0.5, 0.6) is 0 Å². The zero-order valence-electron chi connectivity index (χ0n) is 20.9. The van der Waals surface area contributed by atoms with Crippen molar-refractivity contribution in [3.63, 3.8) is 0 Å². The minimum absolute atomic E-state index is 0.105. The summed E-state index contributed by atoms with van der Waals surface area (Å²) in [6.07, 6.45) is 5.63. The van der Waals surface area contributed by atoms with E-state index in [0.717, 1.165) is 0 Å². The van der Waals surface area contributed by atoms with E-state index in [2.05, 4.69) is 0 Å². The van der Waals surface area contributed by atoms with Gasteiger partial charge in [0.15, 0.2) is 18.1 Å². The molecule has 0 bridgehead atoms. The van der Waals surface area contributed by atoms with Gasteiger partial charge >= 0.3 is 5.97 Å². The zero-order chi connectivity index (χ0) is 25.8. The summed E-state index contributed by atoms with van der Waals surface area (Å²) in [7, 11) is 0. The highest BCUT2D eigenvalue weighted by Crippen LogP contribution is 2.70. The lowest BCUT2D eigenvalue weighted by atomic mass is 9.44. The molecule has 0 unspecified atom stereocenters. The molecule has 0 heterocycles. The molecular weight excluding hydrogens is 453 g/mol. The van der Waals surface area contributed by atoms with E-state index in [1.54, 1.807) is 26.8 Å². The number of aliphatic hydroxyl groups excluding tert-OH is 1. The number of alkyl halides is 1. The number of ketones is 2. The largest absolute Gasteiger partial charge is 0.458 e. The summed E-state index contributed by atoms with van der Waals surface area (Å²) in [6.45, 7) is 5.18. The molecule has 0 radical (unpaired) electrons. The van der Waals surface area contributed by atoms with Crippen molar-refractivity contribution in [1.82, 2.24) is 0 Å². The van der Waals surface area contributed by atoms with Crippen molar-refractivity contribution in [3.8, 4) is 0 Å². The predicted octanol–water partition coefficient (Wildman–Crippen LogP) is 2.58. The third kappa shape index (κ3) is 3.58. The summed E-state index contributed by atoms with van der Waals surface area (Å²) in [6, 6.07) is 0. The number of esters is 1. The normalized spacial score (nSPS) is 44.2. The molecule has 8 atom stereocenters. The van der Waals surface area contributed by atoms with Crippen molar-refractivity contribution in [2.45, 2.75) is 83.1 Å². The molecule has 0 aromatic carbocycles. The van der Waals surface area contributed by atoms with Gasteiger partial charge in [0.05, 0.1) is 6.10 Å². The fourth-order valence-corrected chi connectivity index (χ4v) is 7.88. The molecule has 0 aromatic heterocycles. The van der Waals surface area contributed by atoms with Crippen LogP contribution >= 0.6 is 0 Å². The topological polar surface area (TPSA) is 127 Å². The molecule has 4 N–H and O–H groups in total. The van der Waals surface area contributed by atoms with Crippen molar-refractivity contribution in [2.75, 3.05) is 13.2 Å². The van der Waals surface area contributed by atoms with Gasteiger partial charge in [0.1, 0.15) is 5.60 Å². The van der Waals surface area contributed by atoms with Gasteiger partial charge in [0.25, 0.3) is 0 Å². The number of hydrogen-bond acceptors (Lipinski definition) is 7. The summed E-state index contributed by atoms with van der Waals surface area (Å²) < 4.78 is 22.3. The van der Waals surface area contributed by atoms with Crippen molar-refractivity contribution >= 4 is 17.5 Å². The molecule has 4 aliphatic carbocycles. The monoisotopic (exact) mass is 491 g/mol. The highest BCUT2D eigenvalue weighted by Gasteiger charge is 2.75. The molecule has 0 saturated heterocycles. The van der Waals surface area contributed by atoms with Gasteiger partial charge in [-0.2, -0.15) is 0 Å². The highest BCUT2D eigenvalue weighted by atomic mass is 19.1. The second kappa shape index (κ2) is 8.89. The third-order valence-electron chi connectivity index (χ3n) is 9.85. The van der Waals surface area contributed by atoms with E-state index in [1.165, 1.54) is 12.2 Å². The third-order valence-corrected chi connectivity index (χ3v) is 9.85. The number of ether oxygens (including phenoxy) is 1. The number of hydrogen-bond donors (Lipinski definition) is 3. The molecule has 194 valence electrons. The van der Waals surface area contributed by atoms with E-state index in [4.69, 9.17) is 10.5 Å². The standard InChI is InChI=1S/C27H38FNO6/c1-16-12-20-19-8-7-17-13-18(30)9-10-24(17,2)26(19,28)21(31)14-25(20,3)27(16,34)22(32)15-35-23(33)6-4-5-11-29/h9-10,13,16,19-21,31,34H,4-8,11-12,14-15,29H2,1-3H3/t16-,19-,20-,21-,24-,25-,26-,27-/m0/s1. The Labute approximate surface area is 206 Å². The predicted molar refractivity (Wildman–Crippen MR) is 127 cm³/mol. The van der Waals surface area contributed by atoms with E-state index in [9.17, 15) is 24.6 Å². The maximum absolute atomic E-state index is 17.1. The maximum atomic E-state index is 17.1. The van der Waals surface area contributed by atoms with Crippen LogP contribution in [-0.2, 0) is 19.1 Å². The zero-order valence-corrected chi connectivity index (χ0v) is 20.9. The fraction of sp³-hybridized carbons (Fsp3) is 0.741. The van der Waals surface area contributed by atoms with E-state index >= 15 is 4.39 Å². The summed E-state index contributed by atoms with van der Waals surface area (Å²) in [4.78, 5) is 37.4. The van der Waals surface area contributed by atoms with Crippen molar-refractivity contribution in [1.29, 1.82) is 0 Å². The average molecular weight is 492 g/mol. The summed E-state index contributed by atoms with van der Waals surface area (Å²) in [5.74, 6) is -2.76. The van der Waals surface area contributed by atoms with Crippen LogP contribution in [0.15, 0.2) is 23.8 Å². The molecule has 8 heteroatoms. The van der Waals surface area contributed by atoms with E-state index in [0.29, 0.717) is 44.2 Å². The number of rotatable bonds is 7. The lowest BCUT2D eigenvalue weighted by Gasteiger charge is -2.62. The fourth-order valence-electron chi connectivity index (χ4n) is 7.88. The Hall–Kier alpha value is -1.90. The highest BCUT2D eigenvalue weighted by molar-refractivity contribution is 6.01. The molecular formula is C27H38FNO6. The number of halogens is 1. The first kappa shape index (κ1) is 26.2. The Morgan fingerprint density at radius 3 is 2.66 bits per heavy atom. The van der Waals surface area contributed by atoms with E-state index in [-0.39, 0.29) is 24.5 Å². The Balaban J connectivity index is 1.61. The lowest BCUT2D eigenvalue weighted by molar-refractivity contribution is -0.220. The molecule has 0 aromatic rings. The van der Waals surface area contributed by atoms with Gasteiger partial charge in [-0.05, 0) is 76.0 Å². The Kier molecular flexibility index (Phi) is 6.65. The van der Waals surface area contributed by atoms with Gasteiger partial charge in [-0.25, -0.2) is 4.39 Å². The maximum Gasteiger partial charge on any atom is 0.306 e. The number of aliphatic hydroxyl groups is 2. The van der Waals surface area contributed by atoms with Gasteiger partial charge in [0, 0.05) is 23.2 Å². The van der Waals surface area contributed by atoms with Crippen molar-refractivity contribution in [2.24, 2.45) is 34.3 Å². The van der Waals surface area contributed by atoms with Gasteiger partial charge in [-0.1, -0.05) is 25.5 Å². The first-order valence-corrected chi connectivity index (χ1v) is 12.8.